The van der Waals surface area contributed by atoms with Gasteiger partial charge in [0.05, 0.1) is 41.3 Å². The summed E-state index contributed by atoms with van der Waals surface area (Å²) in [6, 6.07) is 4.60. The zero-order chi connectivity index (χ0) is 39.8. The summed E-state index contributed by atoms with van der Waals surface area (Å²) in [5, 5.41) is 5.16. The fraction of sp³-hybridized carbons (Fsp3) is 0.429. The number of piperidine rings is 1. The first-order valence-electron chi connectivity index (χ1n) is 18.5. The van der Waals surface area contributed by atoms with Gasteiger partial charge in [0.15, 0.2) is 11.6 Å². The first-order chi connectivity index (χ1) is 26.1. The van der Waals surface area contributed by atoms with E-state index in [4.69, 9.17) is 0 Å². The van der Waals surface area contributed by atoms with Gasteiger partial charge in [-0.05, 0) is 87.1 Å². The van der Waals surface area contributed by atoms with E-state index < -0.39 is 41.4 Å². The lowest BCUT2D eigenvalue weighted by atomic mass is 9.88. The quantitative estimate of drug-likeness (QED) is 0.0847. The van der Waals surface area contributed by atoms with Crippen LogP contribution >= 0.6 is 0 Å². The third-order valence-electron chi connectivity index (χ3n) is 11.1. The molecule has 2 fully saturated rings. The minimum absolute atomic E-state index is 0.000349. The van der Waals surface area contributed by atoms with Crippen LogP contribution in [0.3, 0.4) is 0 Å². The lowest BCUT2D eigenvalue weighted by Gasteiger charge is -2.27. The molecule has 0 radical (unpaired) electrons. The number of likely N-dealkylation sites (tertiary alicyclic amines) is 1. The van der Waals surface area contributed by atoms with Gasteiger partial charge in [-0.3, -0.25) is 33.8 Å². The maximum atomic E-state index is 14.5. The van der Waals surface area contributed by atoms with Gasteiger partial charge in [-0.2, -0.15) is 18.3 Å². The van der Waals surface area contributed by atoms with E-state index >= 15 is 0 Å². The maximum Gasteiger partial charge on any atom is 0.433 e. The molecular weight excluding hydrogens is 709 g/mol. The molecule has 0 N–H and O–H groups in total. The zero-order valence-electron chi connectivity index (χ0n) is 31.6. The van der Waals surface area contributed by atoms with E-state index in [1.54, 1.807) is 42.4 Å². The summed E-state index contributed by atoms with van der Waals surface area (Å²) >= 11 is 0. The largest absolute Gasteiger partial charge is 0.433 e. The Kier molecular flexibility index (Phi) is 11.0. The molecule has 0 spiro atoms. The lowest BCUT2D eigenvalue weighted by Crippen LogP contribution is -2.45. The standard InChI is InChI=1S/C42H45F3N6O4/c1-7-9-11-25(4)34(53)14-15-41-19-33(35(54)18-31-24(3)12-13-36(48-31)42(43,44)45)51(37(41)20-41)38(55)23-50-40-28(10-8-2)16-29(32-22-46-26(5)21-47-32)17-30(40)39(49-50)27(6)52/h7-8,12-13,16-17,21-22,25,33,37H,1-2,9-11,14-15,18-20,23H2,3-6H3/t25-,33?,37-,41+/m1/s1. The summed E-state index contributed by atoms with van der Waals surface area (Å²) < 4.78 is 42.2. The van der Waals surface area contributed by atoms with E-state index in [-0.39, 0.29) is 54.3 Å². The molecular formula is C42H45F3N6O4. The highest BCUT2D eigenvalue weighted by Gasteiger charge is 2.66. The van der Waals surface area contributed by atoms with E-state index in [1.165, 1.54) is 17.7 Å². The number of carbonyl (C=O) groups is 4. The molecule has 4 atom stereocenters. The molecule has 1 amide bonds. The number of hydrogen-bond acceptors (Lipinski definition) is 8. The van der Waals surface area contributed by atoms with Crippen LogP contribution in [0.25, 0.3) is 22.2 Å². The topological polar surface area (TPSA) is 128 Å². The summed E-state index contributed by atoms with van der Waals surface area (Å²) in [7, 11) is 0. The van der Waals surface area contributed by atoms with Crippen LogP contribution in [0.15, 0.2) is 62.0 Å². The molecule has 1 saturated heterocycles. The number of amides is 1. The molecule has 1 saturated carbocycles. The SMILES string of the molecule is C=CCC[C@@H](C)C(=O)CC[C@@]12CC(C(=O)Cc3nc(C(F)(F)F)ccc3C)N(C(=O)Cn3nc(C(C)=O)c4cc(-c5cnc(C)cn5)cc(CC=C)c43)[C@@H]1C2. The second kappa shape index (κ2) is 15.4. The Morgan fingerprint density at radius 3 is 2.47 bits per heavy atom. The summed E-state index contributed by atoms with van der Waals surface area (Å²) in [6.07, 6.45) is 5.14. The molecule has 1 aliphatic carbocycles. The van der Waals surface area contributed by atoms with Crippen LogP contribution in [0.4, 0.5) is 13.2 Å². The molecule has 1 unspecified atom stereocenters. The van der Waals surface area contributed by atoms with Crippen molar-refractivity contribution in [2.45, 2.75) is 104 Å². The Hall–Kier alpha value is -5.33. The van der Waals surface area contributed by atoms with Crippen LogP contribution in [-0.4, -0.2) is 65.0 Å². The first kappa shape index (κ1) is 39.4. The number of nitrogens with zero attached hydrogens (tertiary/aromatic N) is 6. The fourth-order valence-electron chi connectivity index (χ4n) is 7.95. The van der Waals surface area contributed by atoms with Gasteiger partial charge in [-0.15, -0.1) is 13.2 Å². The van der Waals surface area contributed by atoms with Gasteiger partial charge in [-0.1, -0.05) is 25.1 Å². The highest BCUT2D eigenvalue weighted by atomic mass is 19.4. The first-order valence-corrected chi connectivity index (χ1v) is 18.5. The van der Waals surface area contributed by atoms with Crippen molar-refractivity contribution >= 4 is 34.2 Å². The second-order valence-corrected chi connectivity index (χ2v) is 15.1. The van der Waals surface area contributed by atoms with Gasteiger partial charge < -0.3 is 4.90 Å². The second-order valence-electron chi connectivity index (χ2n) is 15.1. The minimum Gasteiger partial charge on any atom is -0.327 e. The van der Waals surface area contributed by atoms with Gasteiger partial charge in [0.1, 0.15) is 23.7 Å². The van der Waals surface area contributed by atoms with Crippen molar-refractivity contribution in [3.05, 3.63) is 95.9 Å². The van der Waals surface area contributed by atoms with Crippen LogP contribution in [0.5, 0.6) is 0 Å². The van der Waals surface area contributed by atoms with E-state index in [9.17, 15) is 32.3 Å². The highest BCUT2D eigenvalue weighted by molar-refractivity contribution is 6.07. The fourth-order valence-corrected chi connectivity index (χ4v) is 7.95. The molecule has 4 aromatic rings. The molecule has 13 heteroatoms. The molecule has 55 heavy (non-hydrogen) atoms. The smallest absolute Gasteiger partial charge is 0.327 e. The number of halogens is 3. The van der Waals surface area contributed by atoms with Gasteiger partial charge in [-0.25, -0.2) is 4.98 Å². The summed E-state index contributed by atoms with van der Waals surface area (Å²) in [5.41, 5.74) is 2.40. The Labute approximate surface area is 317 Å². The molecule has 0 bridgehead atoms. The number of hydrogen-bond donors (Lipinski definition) is 0. The average molecular weight is 755 g/mol. The van der Waals surface area contributed by atoms with Gasteiger partial charge in [0.25, 0.3) is 0 Å². The number of rotatable bonds is 16. The Bertz CT molecular complexity index is 2190. The highest BCUT2D eigenvalue weighted by Crippen LogP contribution is 2.62. The Morgan fingerprint density at radius 1 is 1.05 bits per heavy atom. The normalized spacial score (nSPS) is 19.6. The monoisotopic (exact) mass is 754 g/mol. The molecule has 3 aromatic heterocycles. The van der Waals surface area contributed by atoms with Crippen molar-refractivity contribution in [1.29, 1.82) is 0 Å². The van der Waals surface area contributed by atoms with Crippen molar-refractivity contribution in [3.8, 4) is 11.3 Å². The molecule has 2 aliphatic rings. The maximum absolute atomic E-state index is 14.5. The third-order valence-corrected chi connectivity index (χ3v) is 11.1. The van der Waals surface area contributed by atoms with Crippen molar-refractivity contribution < 1.29 is 32.3 Å². The van der Waals surface area contributed by atoms with Gasteiger partial charge in [0, 0.05) is 42.5 Å². The number of aromatic nitrogens is 5. The third kappa shape index (κ3) is 8.06. The predicted octanol–water partition coefficient (Wildman–Crippen LogP) is 7.58. The van der Waals surface area contributed by atoms with Gasteiger partial charge >= 0.3 is 6.18 Å². The molecule has 1 aliphatic heterocycles. The summed E-state index contributed by atoms with van der Waals surface area (Å²) in [4.78, 5) is 68.9. The number of carbonyl (C=O) groups excluding carboxylic acids is 4. The van der Waals surface area contributed by atoms with E-state index in [2.05, 4.69) is 33.2 Å². The van der Waals surface area contributed by atoms with E-state index in [0.29, 0.717) is 59.8 Å². The number of ketones is 3. The number of aryl methyl sites for hydroxylation is 2. The van der Waals surface area contributed by atoms with Crippen molar-refractivity contribution in [2.75, 3.05) is 0 Å². The summed E-state index contributed by atoms with van der Waals surface area (Å²) in [6.45, 7) is 14.1. The molecule has 10 nitrogen and oxygen atoms in total. The van der Waals surface area contributed by atoms with Crippen LogP contribution in [0.2, 0.25) is 0 Å². The average Bonchev–Trinajstić information content (AvgIpc) is 3.55. The number of fused-ring (bicyclic) bond motifs is 2. The van der Waals surface area contributed by atoms with E-state index in [1.807, 2.05) is 19.9 Å². The number of Topliss-reactive ketones (excluding diaryl/α,β-unsaturated/α-hetero) is 3. The summed E-state index contributed by atoms with van der Waals surface area (Å²) in [5.74, 6) is -1.21. The number of pyridine rings is 1. The number of allylic oxidation sites excluding steroid dienone is 2. The molecule has 288 valence electrons. The van der Waals surface area contributed by atoms with Crippen LogP contribution in [-0.2, 0) is 39.9 Å². The van der Waals surface area contributed by atoms with Crippen molar-refractivity contribution in [2.24, 2.45) is 11.3 Å². The molecule has 4 heterocycles. The Morgan fingerprint density at radius 2 is 1.82 bits per heavy atom. The Balaban J connectivity index is 1.34. The predicted molar refractivity (Wildman–Crippen MR) is 201 cm³/mol. The minimum atomic E-state index is -4.69. The molecule has 6 rings (SSSR count). The van der Waals surface area contributed by atoms with Crippen LogP contribution in [0, 0.1) is 25.2 Å². The lowest BCUT2D eigenvalue weighted by molar-refractivity contribution is -0.141. The zero-order valence-corrected chi connectivity index (χ0v) is 31.6. The number of benzene rings is 1. The van der Waals surface area contributed by atoms with Crippen LogP contribution < -0.4 is 0 Å². The van der Waals surface area contributed by atoms with Crippen molar-refractivity contribution in [3.63, 3.8) is 0 Å². The number of alkyl halides is 3. The van der Waals surface area contributed by atoms with Crippen LogP contribution in [0.1, 0.15) is 91.1 Å². The van der Waals surface area contributed by atoms with Crippen molar-refractivity contribution in [1.82, 2.24) is 29.6 Å². The molecule has 1 aromatic carbocycles. The van der Waals surface area contributed by atoms with E-state index in [0.717, 1.165) is 17.3 Å². The van der Waals surface area contributed by atoms with Gasteiger partial charge in [0.2, 0.25) is 5.91 Å².